The van der Waals surface area contributed by atoms with Gasteiger partial charge in [0.05, 0.1) is 10.5 Å². The van der Waals surface area contributed by atoms with Crippen molar-refractivity contribution in [1.82, 2.24) is 0 Å². The molecule has 0 saturated carbocycles. The smallest absolute Gasteiger partial charge is 0.258 e. The molecule has 0 aromatic heterocycles. The van der Waals surface area contributed by atoms with E-state index in [2.05, 4.69) is 0 Å². The summed E-state index contributed by atoms with van der Waals surface area (Å²) in [4.78, 5) is 9.13. The minimum atomic E-state index is -5.23. The van der Waals surface area contributed by atoms with E-state index in [1.807, 2.05) is 0 Å². The summed E-state index contributed by atoms with van der Waals surface area (Å²) in [6, 6.07) is 0.0541. The van der Waals surface area contributed by atoms with Crippen molar-refractivity contribution in [3.63, 3.8) is 0 Å². The summed E-state index contributed by atoms with van der Waals surface area (Å²) in [5.41, 5.74) is -5.53. The van der Waals surface area contributed by atoms with Gasteiger partial charge in [0.1, 0.15) is 5.56 Å². The summed E-state index contributed by atoms with van der Waals surface area (Å²) >= 11 is 0. The van der Waals surface area contributed by atoms with Gasteiger partial charge in [0.15, 0.2) is 0 Å². The third-order valence-electron chi connectivity index (χ3n) is 2.12. The predicted octanol–water partition coefficient (Wildman–Crippen LogP) is 3.94. The minimum Gasteiger partial charge on any atom is -0.258 e. The topological polar surface area (TPSA) is 43.1 Å². The van der Waals surface area contributed by atoms with Gasteiger partial charge in [-0.3, -0.25) is 10.1 Å². The Morgan fingerprint density at radius 3 is 1.89 bits per heavy atom. The van der Waals surface area contributed by atoms with E-state index in [-0.39, 0.29) is 6.07 Å². The van der Waals surface area contributed by atoms with Crippen molar-refractivity contribution in [1.29, 1.82) is 0 Å². The molecule has 0 spiro atoms. The van der Waals surface area contributed by atoms with Gasteiger partial charge in [0.2, 0.25) is 0 Å². The molecule has 0 radical (unpaired) electrons. The molecule has 18 heavy (non-hydrogen) atoms. The van der Waals surface area contributed by atoms with Crippen molar-refractivity contribution >= 4 is 5.69 Å². The van der Waals surface area contributed by atoms with E-state index in [1.54, 1.807) is 0 Å². The lowest BCUT2D eigenvalue weighted by atomic mass is 10.0. The second-order valence-corrected chi connectivity index (χ2v) is 3.44. The van der Waals surface area contributed by atoms with Crippen LogP contribution in [0.25, 0.3) is 0 Å². The number of halogens is 6. The lowest BCUT2D eigenvalue weighted by Gasteiger charge is -2.13. The monoisotopic (exact) mass is 273 g/mol. The molecule has 0 saturated heterocycles. The highest BCUT2D eigenvalue weighted by molar-refractivity contribution is 5.51. The lowest BCUT2D eigenvalue weighted by Crippen LogP contribution is -2.14. The van der Waals surface area contributed by atoms with Crippen LogP contribution in [0.2, 0.25) is 0 Å². The number of nitrogens with zero attached hydrogens (tertiary/aromatic N) is 1. The zero-order valence-corrected chi connectivity index (χ0v) is 8.69. The van der Waals surface area contributed by atoms with Crippen molar-refractivity contribution in [3.05, 3.63) is 38.9 Å². The number of nitro groups is 1. The molecular weight excluding hydrogens is 268 g/mol. The number of aryl methyl sites for hydroxylation is 1. The fourth-order valence-electron chi connectivity index (χ4n) is 1.40. The molecule has 0 aliphatic rings. The Hall–Kier alpha value is -1.80. The van der Waals surface area contributed by atoms with Crippen LogP contribution in [-0.4, -0.2) is 4.92 Å². The predicted molar refractivity (Wildman–Crippen MR) is 47.8 cm³/mol. The van der Waals surface area contributed by atoms with E-state index < -0.39 is 39.7 Å². The summed E-state index contributed by atoms with van der Waals surface area (Å²) in [5.74, 6) is 0. The van der Waals surface area contributed by atoms with E-state index in [0.29, 0.717) is 6.07 Å². The van der Waals surface area contributed by atoms with E-state index in [0.717, 1.165) is 6.92 Å². The molecule has 1 aromatic carbocycles. The van der Waals surface area contributed by atoms with Crippen molar-refractivity contribution in [3.8, 4) is 0 Å². The Morgan fingerprint density at radius 2 is 1.56 bits per heavy atom. The zero-order valence-electron chi connectivity index (χ0n) is 8.69. The van der Waals surface area contributed by atoms with Crippen molar-refractivity contribution in [2.75, 3.05) is 0 Å². The maximum atomic E-state index is 12.5. The summed E-state index contributed by atoms with van der Waals surface area (Å²) in [7, 11) is 0. The van der Waals surface area contributed by atoms with Crippen LogP contribution in [0.5, 0.6) is 0 Å². The number of alkyl halides is 6. The van der Waals surface area contributed by atoms with Crippen LogP contribution in [0.4, 0.5) is 32.0 Å². The maximum absolute atomic E-state index is 12.5. The Kier molecular flexibility index (Phi) is 3.28. The van der Waals surface area contributed by atoms with Crippen LogP contribution >= 0.6 is 0 Å². The second-order valence-electron chi connectivity index (χ2n) is 3.44. The van der Waals surface area contributed by atoms with Gasteiger partial charge in [0.25, 0.3) is 5.69 Å². The Balaban J connectivity index is 3.64. The first-order valence-corrected chi connectivity index (χ1v) is 4.38. The SMILES string of the molecule is Cc1cc(C(F)(F)F)cc(C(F)(F)F)c1[N+](=O)[O-]. The molecular formula is C9H5F6NO2. The first-order chi connectivity index (χ1) is 7.94. The van der Waals surface area contributed by atoms with E-state index >= 15 is 0 Å². The van der Waals surface area contributed by atoms with Gasteiger partial charge in [0, 0.05) is 5.56 Å². The molecule has 100 valence electrons. The first kappa shape index (κ1) is 14.3. The standard InChI is InChI=1S/C9H5F6NO2/c1-4-2-5(8(10,11)12)3-6(9(13,14)15)7(4)16(17)18/h2-3H,1H3. The second kappa shape index (κ2) is 4.14. The molecule has 3 nitrogen and oxygen atoms in total. The fourth-order valence-corrected chi connectivity index (χ4v) is 1.40. The van der Waals surface area contributed by atoms with Gasteiger partial charge in [-0.2, -0.15) is 26.3 Å². The van der Waals surface area contributed by atoms with E-state index in [1.165, 1.54) is 0 Å². The average Bonchev–Trinajstić information content (AvgIpc) is 2.12. The Morgan fingerprint density at radius 1 is 1.06 bits per heavy atom. The van der Waals surface area contributed by atoms with Crippen LogP contribution in [0, 0.1) is 17.0 Å². The van der Waals surface area contributed by atoms with Crippen LogP contribution in [0.3, 0.4) is 0 Å². The van der Waals surface area contributed by atoms with Crippen molar-refractivity contribution in [2.24, 2.45) is 0 Å². The van der Waals surface area contributed by atoms with Crippen LogP contribution in [0.1, 0.15) is 16.7 Å². The van der Waals surface area contributed by atoms with Gasteiger partial charge in [-0.15, -0.1) is 0 Å². The third-order valence-corrected chi connectivity index (χ3v) is 2.12. The van der Waals surface area contributed by atoms with Gasteiger partial charge in [-0.1, -0.05) is 0 Å². The highest BCUT2D eigenvalue weighted by Crippen LogP contribution is 2.41. The minimum absolute atomic E-state index is 0.259. The average molecular weight is 273 g/mol. The number of hydrogen-bond acceptors (Lipinski definition) is 2. The first-order valence-electron chi connectivity index (χ1n) is 4.38. The molecule has 0 bridgehead atoms. The zero-order chi connectivity index (χ0) is 14.3. The molecule has 0 aliphatic heterocycles. The van der Waals surface area contributed by atoms with Crippen molar-refractivity contribution in [2.45, 2.75) is 19.3 Å². The highest BCUT2D eigenvalue weighted by atomic mass is 19.4. The normalized spacial score (nSPS) is 12.6. The van der Waals surface area contributed by atoms with Crippen LogP contribution < -0.4 is 0 Å². The fraction of sp³-hybridized carbons (Fsp3) is 0.333. The Bertz CT molecular complexity index is 491. The Labute approximate surface area is 96.2 Å². The summed E-state index contributed by atoms with van der Waals surface area (Å²) in [5, 5.41) is 10.5. The molecule has 0 fully saturated rings. The number of nitro benzene ring substituents is 1. The van der Waals surface area contributed by atoms with Gasteiger partial charge in [-0.25, -0.2) is 0 Å². The third kappa shape index (κ3) is 2.71. The quantitative estimate of drug-likeness (QED) is 0.442. The van der Waals surface area contributed by atoms with Gasteiger partial charge >= 0.3 is 12.4 Å². The summed E-state index contributed by atoms with van der Waals surface area (Å²) in [6.45, 7) is 0.822. The molecule has 0 unspecified atom stereocenters. The van der Waals surface area contributed by atoms with Gasteiger partial charge in [-0.05, 0) is 19.1 Å². The summed E-state index contributed by atoms with van der Waals surface area (Å²) < 4.78 is 74.5. The van der Waals surface area contributed by atoms with Crippen LogP contribution in [-0.2, 0) is 12.4 Å². The number of hydrogen-bond donors (Lipinski definition) is 0. The largest absolute Gasteiger partial charge is 0.423 e. The molecule has 0 heterocycles. The molecule has 1 aromatic rings. The number of benzene rings is 1. The molecule has 0 aliphatic carbocycles. The molecule has 1 rings (SSSR count). The van der Waals surface area contributed by atoms with Crippen LogP contribution in [0.15, 0.2) is 12.1 Å². The van der Waals surface area contributed by atoms with E-state index in [9.17, 15) is 36.5 Å². The molecule has 9 heteroatoms. The lowest BCUT2D eigenvalue weighted by molar-refractivity contribution is -0.388. The summed E-state index contributed by atoms with van der Waals surface area (Å²) in [6.07, 6.45) is -10.2. The number of rotatable bonds is 1. The van der Waals surface area contributed by atoms with Crippen molar-refractivity contribution < 1.29 is 31.3 Å². The van der Waals surface area contributed by atoms with Gasteiger partial charge < -0.3 is 0 Å². The molecule has 0 amide bonds. The molecule has 0 N–H and O–H groups in total. The molecule has 0 atom stereocenters. The van der Waals surface area contributed by atoms with E-state index in [4.69, 9.17) is 0 Å². The highest BCUT2D eigenvalue weighted by Gasteiger charge is 2.42. The maximum Gasteiger partial charge on any atom is 0.423 e.